The molecule has 1 aliphatic heterocycles. The minimum Gasteiger partial charge on any atom is -0.395 e. The predicted molar refractivity (Wildman–Crippen MR) is 76.6 cm³/mol. The normalized spacial score (nSPS) is 18.9. The summed E-state index contributed by atoms with van der Waals surface area (Å²) in [6.07, 6.45) is 0. The van der Waals surface area contributed by atoms with Gasteiger partial charge in [-0.2, -0.15) is 0 Å². The van der Waals surface area contributed by atoms with Crippen LogP contribution in [0.2, 0.25) is 0 Å². The van der Waals surface area contributed by atoms with Crippen LogP contribution in [0.25, 0.3) is 0 Å². The first-order valence-corrected chi connectivity index (χ1v) is 6.93. The molecule has 1 N–H and O–H groups in total. The number of nitrogens with zero attached hydrogens (tertiary/aromatic N) is 3. The van der Waals surface area contributed by atoms with Crippen molar-refractivity contribution in [3.63, 3.8) is 0 Å². The summed E-state index contributed by atoms with van der Waals surface area (Å²) >= 11 is 0. The Morgan fingerprint density at radius 3 is 2.65 bits per heavy atom. The van der Waals surface area contributed by atoms with E-state index in [1.165, 1.54) is 6.07 Å². The van der Waals surface area contributed by atoms with Crippen LogP contribution in [0.3, 0.4) is 0 Å². The van der Waals surface area contributed by atoms with Gasteiger partial charge >= 0.3 is 0 Å². The summed E-state index contributed by atoms with van der Waals surface area (Å²) in [6.45, 7) is 6.70. The molecule has 1 heterocycles. The fourth-order valence-electron chi connectivity index (χ4n) is 2.62. The first kappa shape index (κ1) is 14.9. The molecule has 20 heavy (non-hydrogen) atoms. The number of non-ortho nitro benzene ring substituents is 1. The topological polar surface area (TPSA) is 69.9 Å². The fourth-order valence-corrected chi connectivity index (χ4v) is 2.62. The van der Waals surface area contributed by atoms with Gasteiger partial charge in [0.25, 0.3) is 5.69 Å². The summed E-state index contributed by atoms with van der Waals surface area (Å²) < 4.78 is 0. The molecule has 1 aromatic rings. The van der Waals surface area contributed by atoms with Gasteiger partial charge in [0.2, 0.25) is 0 Å². The zero-order valence-corrected chi connectivity index (χ0v) is 11.7. The lowest BCUT2D eigenvalue weighted by Crippen LogP contribution is -2.47. The number of nitro groups is 1. The molecule has 0 saturated carbocycles. The quantitative estimate of drug-likeness (QED) is 0.649. The molecule has 2 rings (SSSR count). The molecule has 1 saturated heterocycles. The van der Waals surface area contributed by atoms with E-state index in [0.717, 1.165) is 38.3 Å². The fraction of sp³-hybridized carbons (Fsp3) is 0.571. The van der Waals surface area contributed by atoms with Crippen LogP contribution in [0.5, 0.6) is 0 Å². The number of hydrogen-bond donors (Lipinski definition) is 1. The smallest absolute Gasteiger partial charge is 0.269 e. The van der Waals surface area contributed by atoms with Crippen LogP contribution >= 0.6 is 0 Å². The van der Waals surface area contributed by atoms with Crippen LogP contribution in [0.1, 0.15) is 18.5 Å². The van der Waals surface area contributed by atoms with Crippen LogP contribution in [0, 0.1) is 10.1 Å². The Morgan fingerprint density at radius 2 is 2.05 bits per heavy atom. The number of benzene rings is 1. The van der Waals surface area contributed by atoms with E-state index in [1.807, 2.05) is 6.07 Å². The van der Waals surface area contributed by atoms with Gasteiger partial charge in [-0.15, -0.1) is 0 Å². The standard InChI is InChI=1S/C14H21N3O3/c1-12(13-3-2-4-14(11-13)17(19)20)16-7-5-15(6-8-16)9-10-18/h2-4,11-12,18H,5-10H2,1H3. The maximum absolute atomic E-state index is 10.8. The van der Waals surface area contributed by atoms with Crippen molar-refractivity contribution in [3.05, 3.63) is 39.9 Å². The van der Waals surface area contributed by atoms with E-state index in [0.29, 0.717) is 0 Å². The molecule has 0 spiro atoms. The van der Waals surface area contributed by atoms with Gasteiger partial charge in [0.05, 0.1) is 11.5 Å². The number of piperazine rings is 1. The molecule has 1 fully saturated rings. The second-order valence-electron chi connectivity index (χ2n) is 5.13. The van der Waals surface area contributed by atoms with Gasteiger partial charge in [-0.1, -0.05) is 12.1 Å². The van der Waals surface area contributed by atoms with Crippen LogP contribution in [-0.2, 0) is 0 Å². The zero-order valence-electron chi connectivity index (χ0n) is 11.7. The first-order valence-electron chi connectivity index (χ1n) is 6.93. The molecule has 1 aromatic carbocycles. The summed E-state index contributed by atoms with van der Waals surface area (Å²) in [4.78, 5) is 15.0. The number of aliphatic hydroxyl groups excluding tert-OH is 1. The Kier molecular flexibility index (Phi) is 5.05. The molecule has 1 unspecified atom stereocenters. The molecule has 0 amide bonds. The summed E-state index contributed by atoms with van der Waals surface area (Å²) in [5, 5.41) is 19.8. The van der Waals surface area contributed by atoms with E-state index in [-0.39, 0.29) is 23.3 Å². The van der Waals surface area contributed by atoms with Gasteiger partial charge < -0.3 is 5.11 Å². The average molecular weight is 279 g/mol. The third kappa shape index (κ3) is 3.53. The average Bonchev–Trinajstić information content (AvgIpc) is 2.48. The lowest BCUT2D eigenvalue weighted by Gasteiger charge is -2.37. The van der Waals surface area contributed by atoms with E-state index < -0.39 is 0 Å². The SMILES string of the molecule is CC(c1cccc([N+](=O)[O-])c1)N1CCN(CCO)CC1. The Balaban J connectivity index is 1.99. The number of hydrogen-bond acceptors (Lipinski definition) is 5. The van der Waals surface area contributed by atoms with Crippen LogP contribution in [0.4, 0.5) is 5.69 Å². The molecule has 0 aliphatic carbocycles. The van der Waals surface area contributed by atoms with Crippen molar-refractivity contribution in [2.75, 3.05) is 39.3 Å². The van der Waals surface area contributed by atoms with Gasteiger partial charge in [-0.25, -0.2) is 0 Å². The number of rotatable bonds is 5. The van der Waals surface area contributed by atoms with Crippen molar-refractivity contribution < 1.29 is 10.0 Å². The molecule has 6 nitrogen and oxygen atoms in total. The summed E-state index contributed by atoms with van der Waals surface area (Å²) in [6, 6.07) is 7.04. The summed E-state index contributed by atoms with van der Waals surface area (Å²) in [5.41, 5.74) is 1.13. The Bertz CT molecular complexity index is 459. The summed E-state index contributed by atoms with van der Waals surface area (Å²) in [7, 11) is 0. The number of aliphatic hydroxyl groups is 1. The highest BCUT2D eigenvalue weighted by atomic mass is 16.6. The van der Waals surface area contributed by atoms with Crippen molar-refractivity contribution in [1.29, 1.82) is 0 Å². The Morgan fingerprint density at radius 1 is 1.35 bits per heavy atom. The molecular weight excluding hydrogens is 258 g/mol. The highest BCUT2D eigenvalue weighted by Crippen LogP contribution is 2.24. The molecule has 0 bridgehead atoms. The van der Waals surface area contributed by atoms with Crippen molar-refractivity contribution in [2.45, 2.75) is 13.0 Å². The second kappa shape index (κ2) is 6.78. The van der Waals surface area contributed by atoms with Gasteiger partial charge in [0.15, 0.2) is 0 Å². The van der Waals surface area contributed by atoms with Gasteiger partial charge in [0.1, 0.15) is 0 Å². The molecule has 110 valence electrons. The van der Waals surface area contributed by atoms with Crippen molar-refractivity contribution in [2.24, 2.45) is 0 Å². The largest absolute Gasteiger partial charge is 0.395 e. The van der Waals surface area contributed by atoms with E-state index in [1.54, 1.807) is 12.1 Å². The third-order valence-electron chi connectivity index (χ3n) is 3.93. The number of nitro benzene ring substituents is 1. The minimum absolute atomic E-state index is 0.147. The molecule has 1 aliphatic rings. The van der Waals surface area contributed by atoms with E-state index in [2.05, 4.69) is 16.7 Å². The van der Waals surface area contributed by atoms with Crippen LogP contribution < -0.4 is 0 Å². The zero-order chi connectivity index (χ0) is 14.5. The molecular formula is C14H21N3O3. The van der Waals surface area contributed by atoms with E-state index in [9.17, 15) is 10.1 Å². The third-order valence-corrected chi connectivity index (χ3v) is 3.93. The highest BCUT2D eigenvalue weighted by molar-refractivity contribution is 5.35. The minimum atomic E-state index is -0.352. The monoisotopic (exact) mass is 279 g/mol. The molecule has 1 atom stereocenters. The number of β-amino-alcohol motifs (C(OH)–C–C–N with tert-alkyl or cyclic N) is 1. The summed E-state index contributed by atoms with van der Waals surface area (Å²) in [5.74, 6) is 0. The molecule has 0 aromatic heterocycles. The van der Waals surface area contributed by atoms with Gasteiger partial charge in [-0.05, 0) is 12.5 Å². The maximum Gasteiger partial charge on any atom is 0.269 e. The van der Waals surface area contributed by atoms with Crippen LogP contribution in [0.15, 0.2) is 24.3 Å². The second-order valence-corrected chi connectivity index (χ2v) is 5.13. The predicted octanol–water partition coefficient (Wildman–Crippen LogP) is 1.27. The molecule has 6 heteroatoms. The van der Waals surface area contributed by atoms with Crippen molar-refractivity contribution >= 4 is 5.69 Å². The van der Waals surface area contributed by atoms with Crippen molar-refractivity contribution in [3.8, 4) is 0 Å². The Labute approximate surface area is 118 Å². The highest BCUT2D eigenvalue weighted by Gasteiger charge is 2.22. The van der Waals surface area contributed by atoms with Crippen LogP contribution in [-0.4, -0.2) is 59.2 Å². The van der Waals surface area contributed by atoms with Gasteiger partial charge in [0, 0.05) is 50.9 Å². The Hall–Kier alpha value is -1.50. The lowest BCUT2D eigenvalue weighted by molar-refractivity contribution is -0.385. The van der Waals surface area contributed by atoms with E-state index in [4.69, 9.17) is 5.11 Å². The lowest BCUT2D eigenvalue weighted by atomic mass is 10.1. The molecule has 0 radical (unpaired) electrons. The van der Waals surface area contributed by atoms with Gasteiger partial charge in [-0.3, -0.25) is 19.9 Å². The van der Waals surface area contributed by atoms with Crippen molar-refractivity contribution in [1.82, 2.24) is 9.80 Å². The van der Waals surface area contributed by atoms with E-state index >= 15 is 0 Å². The maximum atomic E-state index is 10.8. The first-order chi connectivity index (χ1) is 9.61.